The summed E-state index contributed by atoms with van der Waals surface area (Å²) in [7, 11) is 1.69. The van der Waals surface area contributed by atoms with Gasteiger partial charge in [0.1, 0.15) is 0 Å². The molecule has 4 rings (SSSR count). The van der Waals surface area contributed by atoms with Gasteiger partial charge in [-0.25, -0.2) is 18.7 Å². The molecule has 0 bridgehead atoms. The van der Waals surface area contributed by atoms with E-state index in [0.717, 1.165) is 47.8 Å². The third-order valence-corrected chi connectivity index (χ3v) is 4.92. The lowest BCUT2D eigenvalue weighted by Gasteiger charge is -2.03. The third kappa shape index (κ3) is 4.93. The molecule has 0 atom stereocenters. The Balaban J connectivity index is 1.47. The van der Waals surface area contributed by atoms with Crippen molar-refractivity contribution in [1.82, 2.24) is 9.97 Å². The van der Waals surface area contributed by atoms with Crippen LogP contribution in [0.15, 0.2) is 67.0 Å². The van der Waals surface area contributed by atoms with Crippen LogP contribution < -0.4 is 0 Å². The van der Waals surface area contributed by atoms with Crippen molar-refractivity contribution < 1.29 is 13.5 Å². The molecule has 1 aromatic heterocycles. The monoisotopic (exact) mass is 414 g/mol. The number of hydrogen-bond acceptors (Lipinski definition) is 3. The van der Waals surface area contributed by atoms with Crippen LogP contribution in [-0.4, -0.2) is 23.7 Å². The van der Waals surface area contributed by atoms with Gasteiger partial charge in [-0.1, -0.05) is 24.0 Å². The molecule has 0 radical (unpaired) electrons. The molecule has 0 amide bonds. The summed E-state index contributed by atoms with van der Waals surface area (Å²) in [5.41, 5.74) is 3.57. The highest BCUT2D eigenvalue weighted by molar-refractivity contribution is 5.84. The van der Waals surface area contributed by atoms with E-state index >= 15 is 0 Å². The Morgan fingerprint density at radius 1 is 0.871 bits per heavy atom. The van der Waals surface area contributed by atoms with Crippen LogP contribution >= 0.6 is 0 Å². The zero-order chi connectivity index (χ0) is 21.6. The average Bonchev–Trinajstić information content (AvgIpc) is 2.81. The fourth-order valence-electron chi connectivity index (χ4n) is 3.24. The normalized spacial score (nSPS) is 10.7. The van der Waals surface area contributed by atoms with Crippen molar-refractivity contribution >= 4 is 10.8 Å². The predicted octanol–water partition coefficient (Wildman–Crippen LogP) is 5.55. The van der Waals surface area contributed by atoms with Crippen LogP contribution in [0.3, 0.4) is 0 Å². The van der Waals surface area contributed by atoms with Gasteiger partial charge in [0.25, 0.3) is 0 Å². The van der Waals surface area contributed by atoms with Crippen molar-refractivity contribution in [3.63, 3.8) is 0 Å². The van der Waals surface area contributed by atoms with Crippen LogP contribution in [0.4, 0.5) is 8.78 Å². The van der Waals surface area contributed by atoms with E-state index in [1.54, 1.807) is 31.4 Å². The van der Waals surface area contributed by atoms with Crippen molar-refractivity contribution in [3.8, 4) is 23.2 Å². The number of hydrogen-bond donors (Lipinski definition) is 0. The van der Waals surface area contributed by atoms with Crippen LogP contribution in [0.25, 0.3) is 22.2 Å². The number of aromatic nitrogens is 2. The van der Waals surface area contributed by atoms with Crippen molar-refractivity contribution in [3.05, 3.63) is 95.3 Å². The van der Waals surface area contributed by atoms with Gasteiger partial charge in [-0.05, 0) is 66.3 Å². The van der Waals surface area contributed by atoms with E-state index in [4.69, 9.17) is 4.74 Å². The zero-order valence-corrected chi connectivity index (χ0v) is 17.0. The van der Waals surface area contributed by atoms with E-state index in [1.807, 2.05) is 36.7 Å². The molecule has 3 nitrogen and oxygen atoms in total. The fourth-order valence-corrected chi connectivity index (χ4v) is 3.24. The van der Waals surface area contributed by atoms with Crippen LogP contribution in [0.1, 0.15) is 23.1 Å². The predicted molar refractivity (Wildman–Crippen MR) is 118 cm³/mol. The summed E-state index contributed by atoms with van der Waals surface area (Å²) < 4.78 is 32.2. The molecule has 0 saturated carbocycles. The molecular weight excluding hydrogens is 394 g/mol. The molecule has 1 heterocycles. The molecule has 0 aliphatic carbocycles. The maximum atomic E-state index is 13.8. The molecule has 154 valence electrons. The highest BCUT2D eigenvalue weighted by atomic mass is 19.2. The Morgan fingerprint density at radius 3 is 2.32 bits per heavy atom. The minimum Gasteiger partial charge on any atom is -0.385 e. The highest BCUT2D eigenvalue weighted by Gasteiger charge is 2.06. The molecule has 0 aliphatic rings. The molecule has 0 fully saturated rings. The summed E-state index contributed by atoms with van der Waals surface area (Å²) in [4.78, 5) is 8.90. The van der Waals surface area contributed by atoms with Crippen LogP contribution in [0.2, 0.25) is 0 Å². The second-order valence-electron chi connectivity index (χ2n) is 7.14. The summed E-state index contributed by atoms with van der Waals surface area (Å²) in [5.74, 6) is 5.15. The molecule has 0 spiro atoms. The van der Waals surface area contributed by atoms with Crippen LogP contribution in [0.5, 0.6) is 0 Å². The van der Waals surface area contributed by atoms with E-state index in [0.29, 0.717) is 11.2 Å². The number of fused-ring (bicyclic) bond motifs is 1. The van der Waals surface area contributed by atoms with Gasteiger partial charge < -0.3 is 4.74 Å². The highest BCUT2D eigenvalue weighted by Crippen LogP contribution is 2.21. The van der Waals surface area contributed by atoms with E-state index in [2.05, 4.69) is 21.8 Å². The summed E-state index contributed by atoms with van der Waals surface area (Å²) in [5, 5.41) is 0.864. The average molecular weight is 414 g/mol. The van der Waals surface area contributed by atoms with Gasteiger partial charge in [0.15, 0.2) is 17.5 Å². The molecule has 0 saturated heterocycles. The van der Waals surface area contributed by atoms with Gasteiger partial charge in [-0.15, -0.1) is 0 Å². The lowest BCUT2D eigenvalue weighted by Crippen LogP contribution is -1.96. The van der Waals surface area contributed by atoms with Gasteiger partial charge >= 0.3 is 0 Å². The molecule has 3 aromatic carbocycles. The first-order valence-corrected chi connectivity index (χ1v) is 9.94. The minimum absolute atomic E-state index is 0.250. The lowest BCUT2D eigenvalue weighted by atomic mass is 10.1. The number of ether oxygens (including phenoxy) is 1. The Hall–Kier alpha value is -3.62. The number of methoxy groups -OCH3 is 1. The first-order valence-electron chi connectivity index (χ1n) is 9.94. The quantitative estimate of drug-likeness (QED) is 0.317. The molecule has 0 N–H and O–H groups in total. The molecule has 0 aliphatic heterocycles. The Morgan fingerprint density at radius 2 is 1.58 bits per heavy atom. The van der Waals surface area contributed by atoms with Gasteiger partial charge in [-0.3, -0.25) is 0 Å². The number of halogens is 2. The number of benzene rings is 3. The summed E-state index contributed by atoms with van der Waals surface area (Å²) in [6.07, 6.45) is 5.52. The summed E-state index contributed by atoms with van der Waals surface area (Å²) >= 11 is 0. The van der Waals surface area contributed by atoms with E-state index in [9.17, 15) is 8.78 Å². The number of aryl methyl sites for hydroxylation is 1. The van der Waals surface area contributed by atoms with Crippen molar-refractivity contribution in [2.24, 2.45) is 0 Å². The van der Waals surface area contributed by atoms with Gasteiger partial charge in [0.05, 0.1) is 0 Å². The van der Waals surface area contributed by atoms with E-state index in [1.165, 1.54) is 0 Å². The van der Waals surface area contributed by atoms with Crippen molar-refractivity contribution in [2.45, 2.75) is 12.8 Å². The number of nitrogens with zero attached hydrogens (tertiary/aromatic N) is 2. The largest absolute Gasteiger partial charge is 0.385 e. The van der Waals surface area contributed by atoms with Crippen LogP contribution in [-0.2, 0) is 11.2 Å². The molecular formula is C26H20F2N2O. The molecule has 5 heteroatoms. The van der Waals surface area contributed by atoms with Gasteiger partial charge in [-0.2, -0.15) is 0 Å². The maximum absolute atomic E-state index is 13.8. The fraction of sp³-hybridized carbons (Fsp3) is 0.154. The topological polar surface area (TPSA) is 35.0 Å². The zero-order valence-electron chi connectivity index (χ0n) is 17.0. The third-order valence-electron chi connectivity index (χ3n) is 4.92. The minimum atomic E-state index is -0.851. The molecule has 0 unspecified atom stereocenters. The second kappa shape index (κ2) is 9.46. The smallest absolute Gasteiger partial charge is 0.166 e. The first kappa shape index (κ1) is 20.6. The standard InChI is InChI=1S/C26H20F2N2O/c1-31-14-2-3-20-16-29-26(30-17-20)21-9-6-18(7-10-21)4-5-19-8-12-23-22(15-19)11-13-24(27)25(23)28/h6-13,15-17H,2-3,14H2,1H3. The van der Waals surface area contributed by atoms with E-state index in [-0.39, 0.29) is 5.39 Å². The molecule has 4 aromatic rings. The van der Waals surface area contributed by atoms with Gasteiger partial charge in [0, 0.05) is 48.2 Å². The van der Waals surface area contributed by atoms with Gasteiger partial charge in [0.2, 0.25) is 0 Å². The SMILES string of the molecule is COCCCc1cnc(-c2ccc(C#Cc3ccc4c(F)c(F)ccc4c3)cc2)nc1. The summed E-state index contributed by atoms with van der Waals surface area (Å²) in [6.45, 7) is 0.721. The Bertz CT molecular complexity index is 1260. The van der Waals surface area contributed by atoms with Crippen LogP contribution in [0, 0.1) is 23.5 Å². The Kier molecular flexibility index (Phi) is 6.30. The Labute approximate surface area is 179 Å². The lowest BCUT2D eigenvalue weighted by molar-refractivity contribution is 0.195. The first-order chi connectivity index (χ1) is 15.1. The van der Waals surface area contributed by atoms with E-state index < -0.39 is 11.6 Å². The van der Waals surface area contributed by atoms with Crippen molar-refractivity contribution in [1.29, 1.82) is 0 Å². The molecule has 31 heavy (non-hydrogen) atoms. The second-order valence-corrected chi connectivity index (χ2v) is 7.14. The van der Waals surface area contributed by atoms with Crippen molar-refractivity contribution in [2.75, 3.05) is 13.7 Å². The number of rotatable bonds is 5. The maximum Gasteiger partial charge on any atom is 0.166 e. The summed E-state index contributed by atoms with van der Waals surface area (Å²) in [6, 6.07) is 15.4.